The van der Waals surface area contributed by atoms with E-state index in [0.29, 0.717) is 0 Å². The molecule has 0 radical (unpaired) electrons. The van der Waals surface area contributed by atoms with Gasteiger partial charge in [-0.1, -0.05) is 0 Å². The Balaban J connectivity index is 2.84. The molecule has 2 N–H and O–H groups in total. The minimum atomic E-state index is -1.05. The first kappa shape index (κ1) is 11.4. The highest BCUT2D eigenvalue weighted by molar-refractivity contribution is 5.80. The minimum Gasteiger partial charge on any atom is -0.504 e. The van der Waals surface area contributed by atoms with Crippen LogP contribution in [-0.2, 0) is 0 Å². The maximum Gasteiger partial charge on any atom is 0.463 e. The molecule has 2 rings (SSSR count). The zero-order chi connectivity index (χ0) is 13.4. The van der Waals surface area contributed by atoms with Crippen LogP contribution in [0.2, 0.25) is 0 Å². The van der Waals surface area contributed by atoms with Crippen molar-refractivity contribution in [2.24, 2.45) is 0 Å². The number of hydrogen-bond donors (Lipinski definition) is 2. The van der Waals surface area contributed by atoms with E-state index in [9.17, 15) is 30.4 Å². The number of rotatable bonds is 2. The fourth-order valence-electron chi connectivity index (χ4n) is 1.31. The van der Waals surface area contributed by atoms with Crippen LogP contribution >= 0.6 is 0 Å². The minimum absolute atomic E-state index is 0.136. The van der Waals surface area contributed by atoms with E-state index >= 15 is 0 Å². The number of benzene rings is 1. The first-order valence-corrected chi connectivity index (χ1v) is 4.42. The van der Waals surface area contributed by atoms with Crippen molar-refractivity contribution in [3.8, 4) is 11.5 Å². The molecule has 1 aromatic carbocycles. The molecule has 0 unspecified atom stereocenters. The summed E-state index contributed by atoms with van der Waals surface area (Å²) in [6.45, 7) is 0. The van der Waals surface area contributed by atoms with Gasteiger partial charge in [0.15, 0.2) is 11.5 Å². The molecule has 2 aromatic rings. The van der Waals surface area contributed by atoms with Crippen LogP contribution in [0.5, 0.6) is 11.5 Å². The van der Waals surface area contributed by atoms with Crippen LogP contribution in [0.1, 0.15) is 0 Å². The summed E-state index contributed by atoms with van der Waals surface area (Å²) in [7, 11) is 0. The third kappa shape index (κ3) is 1.71. The lowest BCUT2D eigenvalue weighted by atomic mass is 10.2. The summed E-state index contributed by atoms with van der Waals surface area (Å²) in [5.74, 6) is -3.17. The average Bonchev–Trinajstić information content (AvgIpc) is 2.28. The Bertz CT molecular complexity index is 626. The quantitative estimate of drug-likeness (QED) is 0.453. The number of hydrogen-bond acceptors (Lipinski definition) is 8. The molecule has 0 atom stereocenters. The van der Waals surface area contributed by atoms with E-state index in [4.69, 9.17) is 0 Å². The number of aromatic nitrogens is 2. The summed E-state index contributed by atoms with van der Waals surface area (Å²) in [4.78, 5) is 26.0. The topological polar surface area (TPSA) is 153 Å². The van der Waals surface area contributed by atoms with Gasteiger partial charge in [0.05, 0.1) is 0 Å². The average molecular weight is 252 g/mol. The number of fused-ring (bicyclic) bond motifs is 1. The zero-order valence-electron chi connectivity index (χ0n) is 8.47. The Kier molecular flexibility index (Phi) is 2.39. The van der Waals surface area contributed by atoms with Gasteiger partial charge in [-0.25, -0.2) is 0 Å². The second kappa shape index (κ2) is 3.76. The van der Waals surface area contributed by atoms with Crippen LogP contribution in [0.15, 0.2) is 12.1 Å². The summed E-state index contributed by atoms with van der Waals surface area (Å²) in [5.41, 5.74) is -0.273. The number of nitro groups is 2. The number of nitrogens with zero attached hydrogens (tertiary/aromatic N) is 4. The van der Waals surface area contributed by atoms with Crippen molar-refractivity contribution in [1.82, 2.24) is 9.97 Å². The molecule has 0 saturated heterocycles. The SMILES string of the molecule is O=[N+]([O-])c1nc2cc(O)c(O)cc2nc1[N+](=O)[O-]. The number of aromatic hydroxyl groups is 2. The van der Waals surface area contributed by atoms with Crippen molar-refractivity contribution in [2.75, 3.05) is 0 Å². The molecule has 0 aliphatic carbocycles. The van der Waals surface area contributed by atoms with Crippen molar-refractivity contribution in [2.45, 2.75) is 0 Å². The second-order valence-electron chi connectivity index (χ2n) is 3.21. The van der Waals surface area contributed by atoms with Gasteiger partial charge in [0.1, 0.15) is 0 Å². The molecule has 10 nitrogen and oxygen atoms in total. The molecule has 0 bridgehead atoms. The summed E-state index contributed by atoms with van der Waals surface area (Å²) >= 11 is 0. The van der Waals surface area contributed by atoms with E-state index in [1.807, 2.05) is 0 Å². The van der Waals surface area contributed by atoms with Crippen molar-refractivity contribution in [3.63, 3.8) is 0 Å². The van der Waals surface area contributed by atoms with Gasteiger partial charge < -0.3 is 30.4 Å². The Labute approximate surface area is 97.4 Å². The lowest BCUT2D eigenvalue weighted by molar-refractivity contribution is -0.428. The van der Waals surface area contributed by atoms with Gasteiger partial charge in [-0.15, -0.1) is 0 Å². The van der Waals surface area contributed by atoms with Crippen LogP contribution in [-0.4, -0.2) is 30.0 Å². The van der Waals surface area contributed by atoms with E-state index in [0.717, 1.165) is 12.1 Å². The number of phenolic OH excluding ortho intramolecular Hbond substituents is 2. The molecule has 92 valence electrons. The molecular weight excluding hydrogens is 248 g/mol. The van der Waals surface area contributed by atoms with Gasteiger partial charge in [-0.3, -0.25) is 0 Å². The molecule has 0 aliphatic rings. The van der Waals surface area contributed by atoms with Gasteiger partial charge in [0.2, 0.25) is 11.0 Å². The summed E-state index contributed by atoms with van der Waals surface area (Å²) < 4.78 is 0. The monoisotopic (exact) mass is 252 g/mol. The lowest BCUT2D eigenvalue weighted by Crippen LogP contribution is -2.02. The highest BCUT2D eigenvalue weighted by Crippen LogP contribution is 2.32. The van der Waals surface area contributed by atoms with Gasteiger partial charge in [-0.05, 0) is 19.8 Å². The summed E-state index contributed by atoms with van der Waals surface area (Å²) in [6.07, 6.45) is 0. The Morgan fingerprint density at radius 1 is 0.889 bits per heavy atom. The van der Waals surface area contributed by atoms with E-state index in [-0.39, 0.29) is 11.0 Å². The van der Waals surface area contributed by atoms with Crippen LogP contribution in [0.25, 0.3) is 11.0 Å². The second-order valence-corrected chi connectivity index (χ2v) is 3.21. The molecule has 1 heterocycles. The molecular formula is C8H4N4O6. The molecule has 1 aromatic heterocycles. The maximum atomic E-state index is 10.6. The molecule has 10 heteroatoms. The van der Waals surface area contributed by atoms with E-state index < -0.39 is 33.0 Å². The lowest BCUT2D eigenvalue weighted by Gasteiger charge is -1.98. The fourth-order valence-corrected chi connectivity index (χ4v) is 1.31. The molecule has 18 heavy (non-hydrogen) atoms. The normalized spacial score (nSPS) is 10.4. The number of phenols is 2. The molecule has 0 fully saturated rings. The van der Waals surface area contributed by atoms with Crippen LogP contribution < -0.4 is 0 Å². The van der Waals surface area contributed by atoms with Gasteiger partial charge >= 0.3 is 11.6 Å². The summed E-state index contributed by atoms with van der Waals surface area (Å²) in [5, 5.41) is 39.6. The van der Waals surface area contributed by atoms with Gasteiger partial charge in [0, 0.05) is 12.1 Å². The first-order chi connectivity index (χ1) is 8.40. The first-order valence-electron chi connectivity index (χ1n) is 4.42. The maximum absolute atomic E-state index is 10.6. The Hall–Kier alpha value is -3.04. The third-order valence-electron chi connectivity index (χ3n) is 2.07. The van der Waals surface area contributed by atoms with Crippen LogP contribution in [0.3, 0.4) is 0 Å². The smallest absolute Gasteiger partial charge is 0.463 e. The van der Waals surface area contributed by atoms with E-state index in [1.54, 1.807) is 0 Å². The van der Waals surface area contributed by atoms with Gasteiger partial charge in [0.25, 0.3) is 0 Å². The van der Waals surface area contributed by atoms with Crippen LogP contribution in [0.4, 0.5) is 11.6 Å². The van der Waals surface area contributed by atoms with Crippen molar-refractivity contribution >= 4 is 22.7 Å². The predicted octanol–water partition coefficient (Wildman–Crippen LogP) is 0.857. The molecule has 0 aliphatic heterocycles. The summed E-state index contributed by atoms with van der Waals surface area (Å²) in [6, 6.07) is 1.85. The molecule has 0 saturated carbocycles. The zero-order valence-corrected chi connectivity index (χ0v) is 8.47. The Morgan fingerprint density at radius 3 is 1.50 bits per heavy atom. The molecule has 0 amide bonds. The van der Waals surface area contributed by atoms with E-state index in [2.05, 4.69) is 9.97 Å². The van der Waals surface area contributed by atoms with E-state index in [1.165, 1.54) is 0 Å². The van der Waals surface area contributed by atoms with Crippen LogP contribution in [0, 0.1) is 20.2 Å². The fraction of sp³-hybridized carbons (Fsp3) is 0. The molecule has 0 spiro atoms. The van der Waals surface area contributed by atoms with Gasteiger partial charge in [-0.2, -0.15) is 0 Å². The highest BCUT2D eigenvalue weighted by atomic mass is 16.6. The third-order valence-corrected chi connectivity index (χ3v) is 2.07. The Morgan fingerprint density at radius 2 is 1.22 bits per heavy atom. The standard InChI is InChI=1S/C8H4N4O6/c13-5-1-3-4(2-6(5)14)10-8(12(17)18)7(9-3)11(15)16/h1-2,13-14H. The predicted molar refractivity (Wildman–Crippen MR) is 56.2 cm³/mol. The highest BCUT2D eigenvalue weighted by Gasteiger charge is 2.30. The van der Waals surface area contributed by atoms with Crippen molar-refractivity contribution in [1.29, 1.82) is 0 Å². The van der Waals surface area contributed by atoms with Crippen molar-refractivity contribution < 1.29 is 20.1 Å². The van der Waals surface area contributed by atoms with Crippen molar-refractivity contribution in [3.05, 3.63) is 32.4 Å². The largest absolute Gasteiger partial charge is 0.504 e.